The van der Waals surface area contributed by atoms with E-state index < -0.39 is 9.84 Å². The highest BCUT2D eigenvalue weighted by Crippen LogP contribution is 2.33. The van der Waals surface area contributed by atoms with Crippen molar-refractivity contribution in [1.82, 2.24) is 15.0 Å². The number of ether oxygens (including phenoxy) is 2. The number of hydrogen-bond donors (Lipinski definition) is 1. The predicted molar refractivity (Wildman–Crippen MR) is 146 cm³/mol. The summed E-state index contributed by atoms with van der Waals surface area (Å²) < 4.78 is 34.6. The summed E-state index contributed by atoms with van der Waals surface area (Å²) in [5, 5.41) is 0.480. The van der Waals surface area contributed by atoms with Gasteiger partial charge in [-0.15, -0.1) is 0 Å². The van der Waals surface area contributed by atoms with Crippen molar-refractivity contribution in [1.29, 1.82) is 0 Å². The number of carbonyl (C=O) groups is 1. The Hall–Kier alpha value is -3.43. The lowest BCUT2D eigenvalue weighted by Gasteiger charge is -2.26. The number of nitrogens with zero attached hydrogens (tertiary/aromatic N) is 2. The number of carbonyl (C=O) groups excluding carboxylic acids is 1. The zero-order valence-electron chi connectivity index (χ0n) is 21.1. The van der Waals surface area contributed by atoms with Crippen molar-refractivity contribution in [2.45, 2.75) is 43.6 Å². The SMILES string of the molecule is CCOC(=O)[C@H]1CC[C@H](Oc2nc3nc(-c4ccc(-c5ccc(S(C)(=O)=O)cc5)cc4)c(Cl)cc3[nH]2)CC1. The van der Waals surface area contributed by atoms with Gasteiger partial charge in [0, 0.05) is 11.8 Å². The molecular weight excluding hydrogens is 526 g/mol. The number of rotatable bonds is 7. The molecule has 0 saturated heterocycles. The molecule has 0 spiro atoms. The molecule has 2 aromatic carbocycles. The molecule has 1 N–H and O–H groups in total. The second-order valence-corrected chi connectivity index (χ2v) is 11.9. The molecule has 0 aliphatic heterocycles. The smallest absolute Gasteiger partial charge is 0.308 e. The molecule has 1 aliphatic carbocycles. The Balaban J connectivity index is 1.30. The minimum atomic E-state index is -3.24. The van der Waals surface area contributed by atoms with Crippen LogP contribution in [-0.2, 0) is 19.4 Å². The van der Waals surface area contributed by atoms with Gasteiger partial charge in [0.15, 0.2) is 15.5 Å². The highest BCUT2D eigenvalue weighted by atomic mass is 35.5. The van der Waals surface area contributed by atoms with E-state index in [2.05, 4.69) is 15.0 Å². The number of aromatic amines is 1. The maximum Gasteiger partial charge on any atom is 0.308 e. The molecule has 38 heavy (non-hydrogen) atoms. The lowest BCUT2D eigenvalue weighted by molar-refractivity contribution is -0.149. The van der Waals surface area contributed by atoms with Gasteiger partial charge in [-0.2, -0.15) is 4.98 Å². The van der Waals surface area contributed by atoms with Gasteiger partial charge in [-0.3, -0.25) is 4.79 Å². The molecule has 8 nitrogen and oxygen atoms in total. The standard InChI is InChI=1S/C28H28ClN3O5S/c1-3-36-27(33)20-8-12-21(13-9-20)37-28-30-24-16-23(29)25(31-26(24)32-28)19-6-4-17(5-7-19)18-10-14-22(15-11-18)38(2,34)35/h4-7,10-11,14-16,20-21H,3,8-9,12-13H2,1-2H3,(H,30,31,32)/t20-,21-. The van der Waals surface area contributed by atoms with Crippen molar-refractivity contribution in [3.8, 4) is 28.4 Å². The van der Waals surface area contributed by atoms with E-state index in [9.17, 15) is 13.2 Å². The number of sulfone groups is 1. The second kappa shape index (κ2) is 10.7. The van der Waals surface area contributed by atoms with Gasteiger partial charge in [-0.25, -0.2) is 13.4 Å². The van der Waals surface area contributed by atoms with Crippen LogP contribution in [0, 0.1) is 5.92 Å². The lowest BCUT2D eigenvalue weighted by Crippen LogP contribution is -2.29. The van der Waals surface area contributed by atoms with E-state index in [1.165, 1.54) is 6.26 Å². The first-order chi connectivity index (χ1) is 18.2. The summed E-state index contributed by atoms with van der Waals surface area (Å²) >= 11 is 6.58. The molecule has 1 saturated carbocycles. The fraction of sp³-hybridized carbons (Fsp3) is 0.321. The Morgan fingerprint density at radius 1 is 0.974 bits per heavy atom. The zero-order chi connectivity index (χ0) is 26.9. The van der Waals surface area contributed by atoms with Gasteiger partial charge in [0.1, 0.15) is 6.10 Å². The second-order valence-electron chi connectivity index (χ2n) is 9.45. The third-order valence-corrected chi connectivity index (χ3v) is 8.17. The van der Waals surface area contributed by atoms with Gasteiger partial charge in [0.25, 0.3) is 6.01 Å². The molecule has 2 heterocycles. The number of esters is 1. The monoisotopic (exact) mass is 553 g/mol. The number of fused-ring (bicyclic) bond motifs is 1. The van der Waals surface area contributed by atoms with E-state index >= 15 is 0 Å². The van der Waals surface area contributed by atoms with Crippen LogP contribution in [0.2, 0.25) is 5.02 Å². The molecule has 1 aliphatic rings. The largest absolute Gasteiger partial charge is 0.466 e. The number of hydrogen-bond acceptors (Lipinski definition) is 7. The van der Waals surface area contributed by atoms with E-state index in [4.69, 9.17) is 21.1 Å². The molecular formula is C28H28ClN3O5S. The topological polar surface area (TPSA) is 111 Å². The third kappa shape index (κ3) is 5.68. The van der Waals surface area contributed by atoms with Crippen molar-refractivity contribution in [2.75, 3.05) is 12.9 Å². The van der Waals surface area contributed by atoms with Crippen LogP contribution in [-0.4, -0.2) is 48.3 Å². The molecule has 2 aromatic heterocycles. The van der Waals surface area contributed by atoms with Crippen molar-refractivity contribution in [3.05, 3.63) is 59.6 Å². The average Bonchev–Trinajstić information content (AvgIpc) is 3.29. The molecule has 198 valence electrons. The molecule has 0 radical (unpaired) electrons. The number of halogens is 1. The molecule has 10 heteroatoms. The van der Waals surface area contributed by atoms with Crippen LogP contribution in [0.1, 0.15) is 32.6 Å². The predicted octanol–water partition coefficient (Wildman–Crippen LogP) is 5.85. The number of benzene rings is 2. The summed E-state index contributed by atoms with van der Waals surface area (Å²) in [6.45, 7) is 2.22. The maximum atomic E-state index is 12.0. The summed E-state index contributed by atoms with van der Waals surface area (Å²) in [4.78, 5) is 24.6. The van der Waals surface area contributed by atoms with Gasteiger partial charge in [0.2, 0.25) is 0 Å². The van der Waals surface area contributed by atoms with Gasteiger partial charge < -0.3 is 14.5 Å². The molecule has 0 unspecified atom stereocenters. The Morgan fingerprint density at radius 3 is 2.18 bits per heavy atom. The average molecular weight is 554 g/mol. The van der Waals surface area contributed by atoms with Gasteiger partial charge in [0.05, 0.1) is 33.7 Å². The highest BCUT2D eigenvalue weighted by Gasteiger charge is 2.28. The first-order valence-corrected chi connectivity index (χ1v) is 14.8. The number of nitrogens with one attached hydrogen (secondary N) is 1. The fourth-order valence-corrected chi connectivity index (χ4v) is 5.59. The van der Waals surface area contributed by atoms with Crippen molar-refractivity contribution in [2.24, 2.45) is 5.92 Å². The van der Waals surface area contributed by atoms with E-state index in [1.807, 2.05) is 31.2 Å². The summed E-state index contributed by atoms with van der Waals surface area (Å²) in [6, 6.07) is 16.7. The molecule has 0 atom stereocenters. The summed E-state index contributed by atoms with van der Waals surface area (Å²) in [5.74, 6) is -0.189. The van der Waals surface area contributed by atoms with Crippen LogP contribution in [0.25, 0.3) is 33.5 Å². The normalized spacial score (nSPS) is 17.9. The number of imidazole rings is 1. The Kier molecular flexibility index (Phi) is 7.40. The van der Waals surface area contributed by atoms with Crippen LogP contribution >= 0.6 is 11.6 Å². The first kappa shape index (κ1) is 26.2. The molecule has 4 aromatic rings. The Labute approximate surface area is 226 Å². The minimum absolute atomic E-state index is 0.0322. The Bertz CT molecular complexity index is 1560. The fourth-order valence-electron chi connectivity index (χ4n) is 4.70. The van der Waals surface area contributed by atoms with E-state index in [0.29, 0.717) is 34.5 Å². The first-order valence-electron chi connectivity index (χ1n) is 12.5. The Morgan fingerprint density at radius 2 is 1.58 bits per heavy atom. The third-order valence-electron chi connectivity index (χ3n) is 6.75. The van der Waals surface area contributed by atoms with Crippen LogP contribution in [0.15, 0.2) is 59.5 Å². The van der Waals surface area contributed by atoms with Gasteiger partial charge in [-0.1, -0.05) is 48.0 Å². The minimum Gasteiger partial charge on any atom is -0.466 e. The van der Waals surface area contributed by atoms with Crippen molar-refractivity contribution in [3.63, 3.8) is 0 Å². The maximum absolute atomic E-state index is 12.0. The highest BCUT2D eigenvalue weighted by molar-refractivity contribution is 7.90. The lowest BCUT2D eigenvalue weighted by atomic mass is 9.87. The van der Waals surface area contributed by atoms with E-state index in [1.54, 1.807) is 30.3 Å². The molecule has 1 fully saturated rings. The van der Waals surface area contributed by atoms with Crippen molar-refractivity contribution < 1.29 is 22.7 Å². The molecule has 0 amide bonds. The number of pyridine rings is 1. The van der Waals surface area contributed by atoms with Crippen molar-refractivity contribution >= 4 is 38.6 Å². The summed E-state index contributed by atoms with van der Waals surface area (Å²) in [5.41, 5.74) is 4.46. The van der Waals surface area contributed by atoms with Crippen LogP contribution in [0.5, 0.6) is 6.01 Å². The van der Waals surface area contributed by atoms with Crippen LogP contribution < -0.4 is 4.74 Å². The van der Waals surface area contributed by atoms with Crippen LogP contribution in [0.3, 0.4) is 0 Å². The van der Waals surface area contributed by atoms with Gasteiger partial charge in [-0.05, 0) is 61.9 Å². The number of H-pyrrole nitrogens is 1. The zero-order valence-corrected chi connectivity index (χ0v) is 22.7. The van der Waals surface area contributed by atoms with Gasteiger partial charge >= 0.3 is 5.97 Å². The van der Waals surface area contributed by atoms with Crippen LogP contribution in [0.4, 0.5) is 0 Å². The summed E-state index contributed by atoms with van der Waals surface area (Å²) in [6.07, 6.45) is 4.13. The number of aromatic nitrogens is 3. The summed E-state index contributed by atoms with van der Waals surface area (Å²) in [7, 11) is -3.24. The quantitative estimate of drug-likeness (QED) is 0.286. The van der Waals surface area contributed by atoms with E-state index in [-0.39, 0.29) is 22.9 Å². The molecule has 0 bridgehead atoms. The molecule has 5 rings (SSSR count). The van der Waals surface area contributed by atoms with E-state index in [0.717, 1.165) is 42.4 Å².